The van der Waals surface area contributed by atoms with E-state index in [9.17, 15) is 4.79 Å². The Morgan fingerprint density at radius 3 is 2.73 bits per heavy atom. The first-order valence-corrected chi connectivity index (χ1v) is 8.41. The zero-order chi connectivity index (χ0) is 15.2. The molecule has 4 nitrogen and oxygen atoms in total. The van der Waals surface area contributed by atoms with Crippen LogP contribution < -0.4 is 10.6 Å². The summed E-state index contributed by atoms with van der Waals surface area (Å²) in [5.74, 6) is 0.741. The minimum Gasteiger partial charge on any atom is -0.381 e. The average Bonchev–Trinajstić information content (AvgIpc) is 2.90. The molecule has 2 aliphatic carbocycles. The summed E-state index contributed by atoms with van der Waals surface area (Å²) in [5, 5.41) is 6.42. The largest absolute Gasteiger partial charge is 0.381 e. The van der Waals surface area contributed by atoms with E-state index in [-0.39, 0.29) is 5.91 Å². The molecule has 22 heavy (non-hydrogen) atoms. The maximum absolute atomic E-state index is 11.4. The Kier molecular flexibility index (Phi) is 3.37. The van der Waals surface area contributed by atoms with Gasteiger partial charge in [0.1, 0.15) is 0 Å². The Morgan fingerprint density at radius 2 is 2.09 bits per heavy atom. The molecule has 1 aliphatic heterocycles. The van der Waals surface area contributed by atoms with Crippen LogP contribution in [-0.2, 0) is 16.0 Å². The number of nitrogens with one attached hydrogen (secondary N) is 2. The number of anilines is 1. The summed E-state index contributed by atoms with van der Waals surface area (Å²) >= 11 is 0. The number of hydrogen-bond donors (Lipinski definition) is 2. The normalized spacial score (nSPS) is 31.0. The molecule has 118 valence electrons. The number of likely N-dealkylation sites (N-methyl/N-ethyl adjacent to an activating group) is 1. The summed E-state index contributed by atoms with van der Waals surface area (Å²) in [7, 11) is 1.67. The lowest BCUT2D eigenvalue weighted by molar-refractivity contribution is -0.158. The van der Waals surface area contributed by atoms with Crippen molar-refractivity contribution in [2.24, 2.45) is 11.3 Å². The van der Waals surface area contributed by atoms with Crippen molar-refractivity contribution in [2.45, 2.75) is 44.2 Å². The van der Waals surface area contributed by atoms with Crippen LogP contribution in [0.3, 0.4) is 0 Å². The van der Waals surface area contributed by atoms with Gasteiger partial charge in [-0.15, -0.1) is 0 Å². The first-order valence-electron chi connectivity index (χ1n) is 8.41. The van der Waals surface area contributed by atoms with Gasteiger partial charge in [0, 0.05) is 36.7 Å². The zero-order valence-corrected chi connectivity index (χ0v) is 13.1. The van der Waals surface area contributed by atoms with Crippen LogP contribution in [0.5, 0.6) is 0 Å². The molecule has 1 aromatic carbocycles. The van der Waals surface area contributed by atoms with Gasteiger partial charge in [0.2, 0.25) is 5.91 Å². The number of benzene rings is 1. The summed E-state index contributed by atoms with van der Waals surface area (Å²) in [6.07, 6.45) is 6.10. The highest BCUT2D eigenvalue weighted by Crippen LogP contribution is 2.63. The molecule has 3 atom stereocenters. The Labute approximate surface area is 131 Å². The molecule has 1 heterocycles. The second kappa shape index (κ2) is 5.27. The lowest BCUT2D eigenvalue weighted by atomic mass is 9.46. The summed E-state index contributed by atoms with van der Waals surface area (Å²) in [6, 6.07) is 8.87. The summed E-state index contributed by atoms with van der Waals surface area (Å²) < 4.78 is 5.97. The third-order valence-electron chi connectivity index (χ3n) is 5.96. The SMILES string of the molecule is CNC(=O)Cc1ccc(N[C@@H]2[C@@H]3CCO[C@H]3C23CCC3)cc1. The van der Waals surface area contributed by atoms with Gasteiger partial charge in [-0.2, -0.15) is 0 Å². The molecule has 1 amide bonds. The summed E-state index contributed by atoms with van der Waals surface area (Å²) in [4.78, 5) is 11.4. The van der Waals surface area contributed by atoms with Crippen molar-refractivity contribution in [3.63, 3.8) is 0 Å². The van der Waals surface area contributed by atoms with Crippen LogP contribution in [0.2, 0.25) is 0 Å². The lowest BCUT2D eigenvalue weighted by Gasteiger charge is -2.63. The van der Waals surface area contributed by atoms with Crippen molar-refractivity contribution < 1.29 is 9.53 Å². The third kappa shape index (κ3) is 2.04. The van der Waals surface area contributed by atoms with Gasteiger partial charge in [-0.25, -0.2) is 0 Å². The van der Waals surface area contributed by atoms with E-state index in [1.165, 1.54) is 31.4 Å². The van der Waals surface area contributed by atoms with Crippen molar-refractivity contribution in [1.82, 2.24) is 5.32 Å². The topological polar surface area (TPSA) is 50.4 Å². The van der Waals surface area contributed by atoms with E-state index in [1.807, 2.05) is 12.1 Å². The molecular formula is C18H24N2O2. The van der Waals surface area contributed by atoms with Crippen molar-refractivity contribution in [3.05, 3.63) is 29.8 Å². The number of fused-ring (bicyclic) bond motifs is 2. The van der Waals surface area contributed by atoms with Gasteiger partial charge in [0.15, 0.2) is 0 Å². The van der Waals surface area contributed by atoms with E-state index in [2.05, 4.69) is 22.8 Å². The molecule has 2 saturated carbocycles. The van der Waals surface area contributed by atoms with E-state index >= 15 is 0 Å². The Bertz CT molecular complexity index is 565. The second-order valence-corrected chi connectivity index (χ2v) is 7.00. The Morgan fingerprint density at radius 1 is 1.32 bits per heavy atom. The lowest BCUT2D eigenvalue weighted by Crippen LogP contribution is -2.68. The Hall–Kier alpha value is -1.55. The number of rotatable bonds is 4. The quantitative estimate of drug-likeness (QED) is 0.897. The van der Waals surface area contributed by atoms with Crippen LogP contribution in [0, 0.1) is 11.3 Å². The monoisotopic (exact) mass is 300 g/mol. The smallest absolute Gasteiger partial charge is 0.224 e. The fourth-order valence-corrected chi connectivity index (χ4v) is 4.63. The zero-order valence-electron chi connectivity index (χ0n) is 13.1. The first kappa shape index (κ1) is 14.1. The fourth-order valence-electron chi connectivity index (χ4n) is 4.63. The van der Waals surface area contributed by atoms with E-state index in [0.29, 0.717) is 29.9 Å². The van der Waals surface area contributed by atoms with Crippen LogP contribution in [-0.4, -0.2) is 31.7 Å². The van der Waals surface area contributed by atoms with Crippen LogP contribution in [0.25, 0.3) is 0 Å². The number of carbonyl (C=O) groups excluding carboxylic acids is 1. The van der Waals surface area contributed by atoms with Gasteiger partial charge in [-0.05, 0) is 37.0 Å². The van der Waals surface area contributed by atoms with Gasteiger partial charge in [0.25, 0.3) is 0 Å². The van der Waals surface area contributed by atoms with E-state index in [0.717, 1.165) is 12.2 Å². The number of hydrogen-bond acceptors (Lipinski definition) is 3. The molecule has 3 fully saturated rings. The molecule has 4 rings (SSSR count). The van der Waals surface area contributed by atoms with Crippen molar-refractivity contribution in [1.29, 1.82) is 0 Å². The summed E-state index contributed by atoms with van der Waals surface area (Å²) in [6.45, 7) is 0.931. The number of ether oxygens (including phenoxy) is 1. The fraction of sp³-hybridized carbons (Fsp3) is 0.611. The maximum Gasteiger partial charge on any atom is 0.224 e. The Balaban J connectivity index is 1.44. The molecule has 0 aromatic heterocycles. The van der Waals surface area contributed by atoms with Crippen molar-refractivity contribution in [3.8, 4) is 0 Å². The summed E-state index contributed by atoms with van der Waals surface area (Å²) in [5.41, 5.74) is 2.63. The van der Waals surface area contributed by atoms with Crippen molar-refractivity contribution >= 4 is 11.6 Å². The molecule has 0 radical (unpaired) electrons. The van der Waals surface area contributed by atoms with Crippen LogP contribution in [0.1, 0.15) is 31.2 Å². The minimum atomic E-state index is 0.0547. The minimum absolute atomic E-state index is 0.0547. The maximum atomic E-state index is 11.4. The van der Waals surface area contributed by atoms with Gasteiger partial charge < -0.3 is 15.4 Å². The molecule has 2 N–H and O–H groups in total. The highest BCUT2D eigenvalue weighted by molar-refractivity contribution is 5.78. The average molecular weight is 300 g/mol. The van der Waals surface area contributed by atoms with Gasteiger partial charge in [-0.1, -0.05) is 18.6 Å². The van der Waals surface area contributed by atoms with E-state index < -0.39 is 0 Å². The number of carbonyl (C=O) groups is 1. The van der Waals surface area contributed by atoms with E-state index in [1.54, 1.807) is 7.05 Å². The van der Waals surface area contributed by atoms with Gasteiger partial charge >= 0.3 is 0 Å². The third-order valence-corrected chi connectivity index (χ3v) is 5.96. The molecule has 0 bridgehead atoms. The van der Waals surface area contributed by atoms with Crippen LogP contribution >= 0.6 is 0 Å². The predicted octanol–water partition coefficient (Wildman–Crippen LogP) is 2.34. The molecule has 1 spiro atoms. The predicted molar refractivity (Wildman–Crippen MR) is 85.8 cm³/mol. The molecule has 1 aromatic rings. The molecule has 3 aliphatic rings. The second-order valence-electron chi connectivity index (χ2n) is 7.00. The standard InChI is InChI=1S/C18H24N2O2/c1-19-15(21)11-12-3-5-13(6-4-12)20-16-14-7-10-22-17(14)18(16)8-2-9-18/h3-6,14,16-17,20H,2,7-11H2,1H3,(H,19,21)/t14-,16+,17+/m0/s1. The van der Waals surface area contributed by atoms with Crippen molar-refractivity contribution in [2.75, 3.05) is 19.0 Å². The molecule has 4 heteroatoms. The van der Waals surface area contributed by atoms with E-state index in [4.69, 9.17) is 4.74 Å². The van der Waals surface area contributed by atoms with Gasteiger partial charge in [-0.3, -0.25) is 4.79 Å². The van der Waals surface area contributed by atoms with Crippen LogP contribution in [0.15, 0.2) is 24.3 Å². The number of amides is 1. The highest BCUT2D eigenvalue weighted by Gasteiger charge is 2.66. The molecule has 0 unspecified atom stereocenters. The highest BCUT2D eigenvalue weighted by atomic mass is 16.5. The van der Waals surface area contributed by atoms with Crippen LogP contribution in [0.4, 0.5) is 5.69 Å². The first-order chi connectivity index (χ1) is 10.7. The molecule has 1 saturated heterocycles. The van der Waals surface area contributed by atoms with Gasteiger partial charge in [0.05, 0.1) is 12.5 Å². The molecular weight excluding hydrogens is 276 g/mol.